The number of aromatic nitrogens is 1. The molecule has 1 N–H and O–H groups in total. The van der Waals surface area contributed by atoms with Gasteiger partial charge in [-0.05, 0) is 13.8 Å². The molecule has 4 rings (SSSR count). The predicted octanol–water partition coefficient (Wildman–Crippen LogP) is 6.43. The number of nitrogens with zero attached hydrogens (tertiary/aromatic N) is 1. The number of benzene rings is 2. The van der Waals surface area contributed by atoms with Crippen LogP contribution in [0.5, 0.6) is 0 Å². The number of aliphatic hydroxyl groups is 1. The van der Waals surface area contributed by atoms with Crippen molar-refractivity contribution in [3.05, 3.63) is 83.8 Å². The summed E-state index contributed by atoms with van der Waals surface area (Å²) in [4.78, 5) is 14.8. The van der Waals surface area contributed by atoms with Gasteiger partial charge in [-0.3, -0.25) is 4.79 Å². The number of rotatable bonds is 3. The van der Waals surface area contributed by atoms with Gasteiger partial charge in [-0.1, -0.05) is 0 Å². The van der Waals surface area contributed by atoms with Crippen molar-refractivity contribution >= 4 is 23.4 Å². The Morgan fingerprint density at radius 1 is 1.06 bits per heavy atom. The molecule has 0 aliphatic heterocycles. The number of fused-ring (bicyclic) bond motifs is 3. The third-order valence-corrected chi connectivity index (χ3v) is 10.0. The molecule has 0 atom stereocenters. The van der Waals surface area contributed by atoms with Crippen LogP contribution in [-0.4, -0.2) is 29.1 Å². The molecular weight excluding hydrogens is 647 g/mol. The van der Waals surface area contributed by atoms with Crippen molar-refractivity contribution in [2.75, 3.05) is 0 Å². The number of ketones is 1. The second-order valence-electron chi connectivity index (χ2n) is 9.89. The Morgan fingerprint density at radius 2 is 1.76 bits per heavy atom. The number of hydrogen-bond donors (Lipinski definition) is 1. The van der Waals surface area contributed by atoms with Crippen molar-refractivity contribution in [3.63, 3.8) is 0 Å². The standard InChI is InChI=1S/C23H24GeN.C5H8O2.Ir/c1-23(2)19-14-21(16-10-7-6-8-11-16)25-15-18(19)17-12-9-13-20(22(17)23)24(3,4)5;1-4(6)3-5(2)7;/h6-10,12-15H,1-5H3;3,6H,1-2H3;/q-1;;/b;4-3-;. The van der Waals surface area contributed by atoms with Crippen LogP contribution in [0, 0.1) is 6.07 Å². The molecule has 0 bridgehead atoms. The zero-order chi connectivity index (χ0) is 23.7. The number of aliphatic hydroxyl groups excluding tert-OH is 1. The smallest absolute Gasteiger partial charge is 0 e. The summed E-state index contributed by atoms with van der Waals surface area (Å²) in [5.74, 6) is 7.39. The van der Waals surface area contributed by atoms with E-state index >= 15 is 0 Å². The Bertz CT molecular complexity index is 1170. The molecule has 1 aliphatic rings. The molecule has 5 heteroatoms. The van der Waals surface area contributed by atoms with Crippen molar-refractivity contribution in [2.45, 2.75) is 50.4 Å². The van der Waals surface area contributed by atoms with E-state index in [1.165, 1.54) is 42.2 Å². The second kappa shape index (κ2) is 10.5. The summed E-state index contributed by atoms with van der Waals surface area (Å²) in [7, 11) is 0. The largest absolute Gasteiger partial charge is 0 e. The van der Waals surface area contributed by atoms with Crippen LogP contribution < -0.4 is 4.40 Å². The van der Waals surface area contributed by atoms with Gasteiger partial charge in [0.05, 0.1) is 5.76 Å². The molecule has 175 valence electrons. The maximum atomic E-state index is 10.0. The summed E-state index contributed by atoms with van der Waals surface area (Å²) >= 11 is -1.96. The third-order valence-electron chi connectivity index (χ3n) is 5.76. The van der Waals surface area contributed by atoms with Crippen molar-refractivity contribution in [2.24, 2.45) is 0 Å². The molecule has 33 heavy (non-hydrogen) atoms. The maximum absolute atomic E-state index is 10.0. The summed E-state index contributed by atoms with van der Waals surface area (Å²) in [6.07, 6.45) is 3.23. The molecule has 0 unspecified atom stereocenters. The Kier molecular flexibility index (Phi) is 8.67. The summed E-state index contributed by atoms with van der Waals surface area (Å²) in [6, 6.07) is 20.5. The fraction of sp³-hybridized carbons (Fsp3) is 0.286. The van der Waals surface area contributed by atoms with Gasteiger partial charge in [0.25, 0.3) is 0 Å². The minimum Gasteiger partial charge on any atom is 0 e. The van der Waals surface area contributed by atoms with E-state index in [-0.39, 0.29) is 37.1 Å². The van der Waals surface area contributed by atoms with Crippen LogP contribution in [0.2, 0.25) is 17.3 Å². The molecule has 1 radical (unpaired) electrons. The van der Waals surface area contributed by atoms with Gasteiger partial charge in [-0.15, -0.1) is 0 Å². The first-order valence-corrected chi connectivity index (χ1v) is 18.3. The van der Waals surface area contributed by atoms with Crippen LogP contribution in [0.3, 0.4) is 0 Å². The molecule has 0 saturated heterocycles. The molecule has 0 amide bonds. The molecule has 1 heterocycles. The average Bonchev–Trinajstić information content (AvgIpc) is 2.94. The van der Waals surface area contributed by atoms with Crippen LogP contribution in [0.4, 0.5) is 0 Å². The van der Waals surface area contributed by atoms with Gasteiger partial charge in [-0.25, -0.2) is 0 Å². The quantitative estimate of drug-likeness (QED) is 0.150. The predicted molar refractivity (Wildman–Crippen MR) is 136 cm³/mol. The monoisotopic (exact) mass is 681 g/mol. The van der Waals surface area contributed by atoms with Crippen molar-refractivity contribution in [1.82, 2.24) is 4.98 Å². The van der Waals surface area contributed by atoms with E-state index in [4.69, 9.17) is 10.1 Å². The summed E-state index contributed by atoms with van der Waals surface area (Å²) in [5.41, 5.74) is 7.70. The van der Waals surface area contributed by atoms with Crippen LogP contribution >= 0.6 is 0 Å². The van der Waals surface area contributed by atoms with Gasteiger partial charge in [0.1, 0.15) is 0 Å². The number of pyridine rings is 1. The van der Waals surface area contributed by atoms with E-state index < -0.39 is 13.3 Å². The summed E-state index contributed by atoms with van der Waals surface area (Å²) in [6.45, 7) is 7.59. The van der Waals surface area contributed by atoms with E-state index in [1.807, 2.05) is 18.2 Å². The minimum atomic E-state index is -1.96. The van der Waals surface area contributed by atoms with Crippen molar-refractivity contribution < 1.29 is 30.0 Å². The zero-order valence-corrected chi connectivity index (χ0v) is 24.9. The van der Waals surface area contributed by atoms with Crippen molar-refractivity contribution in [3.8, 4) is 22.4 Å². The molecule has 1 aliphatic carbocycles. The first-order chi connectivity index (χ1) is 14.9. The molecule has 0 fully saturated rings. The molecule has 3 nitrogen and oxygen atoms in total. The van der Waals surface area contributed by atoms with Crippen LogP contribution in [-0.2, 0) is 30.3 Å². The second-order valence-corrected chi connectivity index (χ2v) is 20.5. The van der Waals surface area contributed by atoms with Gasteiger partial charge < -0.3 is 5.11 Å². The van der Waals surface area contributed by atoms with E-state index in [0.29, 0.717) is 0 Å². The fourth-order valence-electron chi connectivity index (χ4n) is 4.39. The number of hydrogen-bond acceptors (Lipinski definition) is 3. The molecular formula is C28H32GeIrNO2-. The number of allylic oxidation sites excluding steroid dienone is 2. The van der Waals surface area contributed by atoms with Gasteiger partial charge in [-0.2, -0.15) is 0 Å². The van der Waals surface area contributed by atoms with Crippen LogP contribution in [0.1, 0.15) is 38.8 Å². The average molecular weight is 679 g/mol. The van der Waals surface area contributed by atoms with E-state index in [9.17, 15) is 4.79 Å². The number of carbonyl (C=O) groups is 1. The van der Waals surface area contributed by atoms with Gasteiger partial charge >= 0.3 is 153 Å². The normalized spacial score (nSPS) is 13.7. The Labute approximate surface area is 214 Å². The minimum absolute atomic E-state index is 0. The fourth-order valence-corrected chi connectivity index (χ4v) is 8.15. The molecule has 3 aromatic rings. The van der Waals surface area contributed by atoms with Gasteiger partial charge in [0.2, 0.25) is 0 Å². The Hall–Kier alpha value is -2.01. The van der Waals surface area contributed by atoms with E-state index in [0.717, 1.165) is 11.3 Å². The molecule has 0 spiro atoms. The third kappa shape index (κ3) is 5.92. The molecule has 0 saturated carbocycles. The van der Waals surface area contributed by atoms with Gasteiger partial charge in [0, 0.05) is 26.2 Å². The van der Waals surface area contributed by atoms with Crippen LogP contribution in [0.25, 0.3) is 22.4 Å². The van der Waals surface area contributed by atoms with Gasteiger partial charge in [0.15, 0.2) is 5.78 Å². The zero-order valence-electron chi connectivity index (χ0n) is 20.4. The SMILES string of the molecule is CC(=O)/C=C(/C)O.CC1(C)c2cc(-c3[c-]cccc3)ncc2-c2ccc[c]([Ge]([CH3])([CH3])[CH3])c21.[Ir]. The van der Waals surface area contributed by atoms with E-state index in [2.05, 4.69) is 73.7 Å². The molecule has 2 aromatic carbocycles. The Balaban J connectivity index is 0.000000423. The topological polar surface area (TPSA) is 50.2 Å². The maximum Gasteiger partial charge on any atom is 0 e. The Morgan fingerprint density at radius 3 is 2.27 bits per heavy atom. The van der Waals surface area contributed by atoms with Crippen molar-refractivity contribution in [1.29, 1.82) is 0 Å². The molecule has 1 aromatic heterocycles. The summed E-state index contributed by atoms with van der Waals surface area (Å²) in [5, 5.41) is 8.36. The van der Waals surface area contributed by atoms with Crippen LogP contribution in [0.15, 0.2) is 66.6 Å². The number of carbonyl (C=O) groups excluding carboxylic acids is 1. The summed E-state index contributed by atoms with van der Waals surface area (Å²) < 4.78 is 1.62. The first-order valence-electron chi connectivity index (χ1n) is 10.9. The first kappa shape index (κ1) is 27.2. The van der Waals surface area contributed by atoms with E-state index in [1.54, 1.807) is 4.40 Å².